The first-order valence-corrected chi connectivity index (χ1v) is 7.30. The van der Waals surface area contributed by atoms with Gasteiger partial charge >= 0.3 is 0 Å². The van der Waals surface area contributed by atoms with Crippen LogP contribution in [-0.4, -0.2) is 36.7 Å². The van der Waals surface area contributed by atoms with E-state index in [2.05, 4.69) is 15.6 Å². The van der Waals surface area contributed by atoms with E-state index in [0.29, 0.717) is 28.6 Å². The molecule has 3 rings (SSSR count). The van der Waals surface area contributed by atoms with Crippen LogP contribution in [0.15, 0.2) is 12.1 Å². The van der Waals surface area contributed by atoms with Gasteiger partial charge in [-0.1, -0.05) is 11.3 Å². The number of aromatic nitrogens is 1. The molecule has 0 radical (unpaired) electrons. The Labute approximate surface area is 123 Å². The van der Waals surface area contributed by atoms with Crippen molar-refractivity contribution in [3.63, 3.8) is 0 Å². The van der Waals surface area contributed by atoms with Gasteiger partial charge in [0.1, 0.15) is 0 Å². The monoisotopic (exact) mass is 313 g/mol. The van der Waals surface area contributed by atoms with E-state index >= 15 is 0 Å². The van der Waals surface area contributed by atoms with Crippen LogP contribution in [0.2, 0.25) is 0 Å². The minimum Gasteiger partial charge on any atom is -0.378 e. The summed E-state index contributed by atoms with van der Waals surface area (Å²) in [6.45, 7) is 1.86. The van der Waals surface area contributed by atoms with E-state index in [1.165, 1.54) is 0 Å². The van der Waals surface area contributed by atoms with E-state index in [4.69, 9.17) is 4.74 Å². The zero-order valence-corrected chi connectivity index (χ0v) is 11.8. The Balaban J connectivity index is 1.68. The molecule has 1 aliphatic heterocycles. The number of hydrogen-bond donors (Lipinski definition) is 2. The summed E-state index contributed by atoms with van der Waals surface area (Å²) < 4.78 is 32.0. The summed E-state index contributed by atoms with van der Waals surface area (Å²) in [5.74, 6) is -2.08. The van der Waals surface area contributed by atoms with E-state index < -0.39 is 11.6 Å². The molecular weight excluding hydrogens is 300 g/mol. The number of hydrogen-bond acceptors (Lipinski definition) is 5. The van der Waals surface area contributed by atoms with Crippen molar-refractivity contribution in [2.75, 3.05) is 25.1 Å². The van der Waals surface area contributed by atoms with Gasteiger partial charge in [0.25, 0.3) is 0 Å². The van der Waals surface area contributed by atoms with Crippen LogP contribution in [0.1, 0.15) is 6.42 Å². The highest BCUT2D eigenvalue weighted by atomic mass is 32.1. The maximum absolute atomic E-state index is 13.1. The molecule has 0 bridgehead atoms. The lowest BCUT2D eigenvalue weighted by molar-refractivity contribution is -0.117. The van der Waals surface area contributed by atoms with Crippen LogP contribution in [0.4, 0.5) is 13.9 Å². The molecule has 2 aromatic rings. The third-order valence-electron chi connectivity index (χ3n) is 3.11. The summed E-state index contributed by atoms with van der Waals surface area (Å²) in [7, 11) is 0. The molecule has 21 heavy (non-hydrogen) atoms. The topological polar surface area (TPSA) is 63.2 Å². The lowest BCUT2D eigenvalue weighted by Gasteiger charge is -2.22. The fraction of sp³-hybridized carbons (Fsp3) is 0.385. The molecule has 0 aliphatic carbocycles. The molecule has 5 nitrogen and oxygen atoms in total. The molecule has 112 valence electrons. The Bertz CT molecular complexity index is 632. The van der Waals surface area contributed by atoms with Crippen molar-refractivity contribution in [1.82, 2.24) is 10.3 Å². The number of carbonyl (C=O) groups is 1. The summed E-state index contributed by atoms with van der Waals surface area (Å²) in [6, 6.07) is 2.07. The predicted octanol–water partition coefficient (Wildman–Crippen LogP) is 1.89. The lowest BCUT2D eigenvalue weighted by Crippen LogP contribution is -2.43. The van der Waals surface area contributed by atoms with Crippen LogP contribution >= 0.6 is 11.3 Å². The van der Waals surface area contributed by atoms with Crippen molar-refractivity contribution in [2.45, 2.75) is 12.5 Å². The van der Waals surface area contributed by atoms with Gasteiger partial charge in [-0.2, -0.15) is 0 Å². The van der Waals surface area contributed by atoms with Gasteiger partial charge in [-0.3, -0.25) is 4.79 Å². The molecule has 1 aromatic heterocycles. The third-order valence-corrected chi connectivity index (χ3v) is 4.04. The number of nitrogens with zero attached hydrogens (tertiary/aromatic N) is 1. The molecule has 1 unspecified atom stereocenters. The zero-order chi connectivity index (χ0) is 14.8. The van der Waals surface area contributed by atoms with Crippen molar-refractivity contribution in [1.29, 1.82) is 0 Å². The van der Waals surface area contributed by atoms with Crippen molar-refractivity contribution >= 4 is 32.6 Å². The van der Waals surface area contributed by atoms with Crippen molar-refractivity contribution in [3.8, 4) is 0 Å². The zero-order valence-electron chi connectivity index (χ0n) is 11.0. The molecular formula is C13H13F2N3O2S. The number of fused-ring (bicyclic) bond motifs is 1. The standard InChI is InChI=1S/C13H13F2N3O2S/c14-8-4-10-11(5-9(8)15)21-13(17-10)18-12(19)3-7-6-20-2-1-16-7/h4-5,7,16H,1-3,6H2,(H,17,18,19). The fourth-order valence-corrected chi connectivity index (χ4v) is 3.01. The third kappa shape index (κ3) is 3.34. The molecule has 1 fully saturated rings. The van der Waals surface area contributed by atoms with Crippen LogP contribution in [0, 0.1) is 11.6 Å². The van der Waals surface area contributed by atoms with Crippen molar-refractivity contribution in [2.24, 2.45) is 0 Å². The second-order valence-corrected chi connectivity index (χ2v) is 5.76. The number of rotatable bonds is 3. The van der Waals surface area contributed by atoms with Gasteiger partial charge in [0.15, 0.2) is 16.8 Å². The van der Waals surface area contributed by atoms with Gasteiger partial charge in [0.2, 0.25) is 5.91 Å². The van der Waals surface area contributed by atoms with Crippen LogP contribution in [0.3, 0.4) is 0 Å². The minimum atomic E-state index is -0.950. The molecule has 1 saturated heterocycles. The van der Waals surface area contributed by atoms with Gasteiger partial charge < -0.3 is 15.4 Å². The highest BCUT2D eigenvalue weighted by molar-refractivity contribution is 7.22. The van der Waals surface area contributed by atoms with E-state index in [-0.39, 0.29) is 18.4 Å². The summed E-state index contributed by atoms with van der Waals surface area (Å²) in [5, 5.41) is 6.15. The van der Waals surface area contributed by atoms with E-state index in [1.54, 1.807) is 0 Å². The molecule has 2 N–H and O–H groups in total. The lowest BCUT2D eigenvalue weighted by atomic mass is 10.2. The fourth-order valence-electron chi connectivity index (χ4n) is 2.12. The van der Waals surface area contributed by atoms with Gasteiger partial charge in [-0.05, 0) is 6.07 Å². The average Bonchev–Trinajstić information content (AvgIpc) is 2.81. The number of anilines is 1. The number of morpholine rings is 1. The molecule has 2 heterocycles. The summed E-state index contributed by atoms with van der Waals surface area (Å²) in [6.07, 6.45) is 0.263. The maximum Gasteiger partial charge on any atom is 0.227 e. The van der Waals surface area contributed by atoms with Gasteiger partial charge in [0.05, 0.1) is 23.4 Å². The number of thiazole rings is 1. The van der Waals surface area contributed by atoms with Crippen molar-refractivity contribution in [3.05, 3.63) is 23.8 Å². The summed E-state index contributed by atoms with van der Waals surface area (Å²) >= 11 is 1.11. The van der Waals surface area contributed by atoms with Crippen LogP contribution in [0.25, 0.3) is 10.2 Å². The Morgan fingerprint density at radius 2 is 2.29 bits per heavy atom. The molecule has 1 atom stereocenters. The van der Waals surface area contributed by atoms with Crippen LogP contribution < -0.4 is 10.6 Å². The SMILES string of the molecule is O=C(CC1COCCN1)Nc1nc2cc(F)c(F)cc2s1. The number of ether oxygens (including phenoxy) is 1. The smallest absolute Gasteiger partial charge is 0.227 e. The number of nitrogens with one attached hydrogen (secondary N) is 2. The second kappa shape index (κ2) is 6.00. The molecule has 1 amide bonds. The molecule has 0 saturated carbocycles. The van der Waals surface area contributed by atoms with Gasteiger partial charge in [-0.25, -0.2) is 13.8 Å². The quantitative estimate of drug-likeness (QED) is 0.908. The Morgan fingerprint density at radius 3 is 3.05 bits per heavy atom. The number of carbonyl (C=O) groups excluding carboxylic acids is 1. The van der Waals surface area contributed by atoms with E-state index in [0.717, 1.165) is 30.0 Å². The normalized spacial score (nSPS) is 18.9. The Morgan fingerprint density at radius 1 is 1.48 bits per heavy atom. The first-order chi connectivity index (χ1) is 10.1. The predicted molar refractivity (Wildman–Crippen MR) is 75.4 cm³/mol. The van der Waals surface area contributed by atoms with Crippen LogP contribution in [-0.2, 0) is 9.53 Å². The van der Waals surface area contributed by atoms with Gasteiger partial charge in [0, 0.05) is 25.1 Å². The van der Waals surface area contributed by atoms with E-state index in [9.17, 15) is 13.6 Å². The summed E-state index contributed by atoms with van der Waals surface area (Å²) in [4.78, 5) is 16.0. The number of amides is 1. The second-order valence-electron chi connectivity index (χ2n) is 4.73. The van der Waals surface area contributed by atoms with E-state index in [1.807, 2.05) is 0 Å². The summed E-state index contributed by atoms with van der Waals surface area (Å²) in [5.41, 5.74) is 0.327. The first-order valence-electron chi connectivity index (χ1n) is 6.48. The average molecular weight is 313 g/mol. The Hall–Kier alpha value is -1.64. The Kier molecular flexibility index (Phi) is 4.09. The molecule has 0 spiro atoms. The molecule has 8 heteroatoms. The highest BCUT2D eigenvalue weighted by Gasteiger charge is 2.18. The largest absolute Gasteiger partial charge is 0.378 e. The molecule has 1 aliphatic rings. The van der Waals surface area contributed by atoms with Crippen LogP contribution in [0.5, 0.6) is 0 Å². The minimum absolute atomic E-state index is 0.0250. The van der Waals surface area contributed by atoms with Crippen molar-refractivity contribution < 1.29 is 18.3 Å². The first kappa shape index (κ1) is 14.3. The maximum atomic E-state index is 13.1. The number of halogens is 2. The highest BCUT2D eigenvalue weighted by Crippen LogP contribution is 2.27. The number of benzene rings is 1. The van der Waals surface area contributed by atoms with Gasteiger partial charge in [-0.15, -0.1) is 0 Å². The molecule has 1 aromatic carbocycles.